The maximum atomic E-state index is 13.2. The van der Waals surface area contributed by atoms with Crippen molar-refractivity contribution in [3.8, 4) is 11.6 Å². The van der Waals surface area contributed by atoms with Gasteiger partial charge in [-0.1, -0.05) is 0 Å². The Hall–Kier alpha value is -2.54. The number of carbonyl (C=O) groups is 1. The number of methoxy groups -OCH3 is 1. The predicted molar refractivity (Wildman–Crippen MR) is 111 cm³/mol. The minimum atomic E-state index is -0.158. The van der Waals surface area contributed by atoms with Crippen molar-refractivity contribution in [2.45, 2.75) is 39.4 Å². The number of amides is 1. The van der Waals surface area contributed by atoms with Crippen molar-refractivity contribution in [2.75, 3.05) is 7.11 Å². The third kappa shape index (κ3) is 3.13. The summed E-state index contributed by atoms with van der Waals surface area (Å²) in [7, 11) is 1.60. The second kappa shape index (κ2) is 6.81. The van der Waals surface area contributed by atoms with Crippen molar-refractivity contribution in [3.63, 3.8) is 0 Å². The Balaban J connectivity index is 1.71. The lowest BCUT2D eigenvalue weighted by Crippen LogP contribution is -2.29. The average molecular weight is 443 g/mol. The molecule has 1 amide bonds. The van der Waals surface area contributed by atoms with Crippen molar-refractivity contribution < 1.29 is 9.53 Å². The van der Waals surface area contributed by atoms with E-state index in [0.29, 0.717) is 24.4 Å². The monoisotopic (exact) mass is 442 g/mol. The van der Waals surface area contributed by atoms with Crippen LogP contribution in [0.3, 0.4) is 0 Å². The molecule has 4 rings (SSSR count). The number of hydrogen-bond acceptors (Lipinski definition) is 3. The van der Waals surface area contributed by atoms with E-state index in [1.54, 1.807) is 13.2 Å². The number of nitrogens with zero attached hydrogens (tertiary/aromatic N) is 4. The Morgan fingerprint density at radius 2 is 1.89 bits per heavy atom. The molecule has 2 aromatic heterocycles. The molecule has 0 unspecified atom stereocenters. The summed E-state index contributed by atoms with van der Waals surface area (Å²) in [4.78, 5) is 15.0. The highest BCUT2D eigenvalue weighted by Crippen LogP contribution is 2.34. The summed E-state index contributed by atoms with van der Waals surface area (Å²) < 4.78 is 10.2. The number of ether oxygens (including phenoxy) is 1. The Labute approximate surface area is 172 Å². The topological polar surface area (TPSA) is 52.3 Å². The molecule has 0 saturated heterocycles. The number of benzene rings is 1. The molecule has 1 aliphatic rings. The molecule has 0 fully saturated rings. The predicted octanol–water partition coefficient (Wildman–Crippen LogP) is 4.36. The highest BCUT2D eigenvalue weighted by atomic mass is 79.9. The minimum Gasteiger partial charge on any atom is -0.497 e. The van der Waals surface area contributed by atoms with Gasteiger partial charge in [0.2, 0.25) is 0 Å². The molecule has 146 valence electrons. The van der Waals surface area contributed by atoms with Crippen LogP contribution in [0.1, 0.15) is 42.4 Å². The molecule has 0 radical (unpaired) electrons. The number of carbonyl (C=O) groups excluding carboxylic acids is 1. The quantitative estimate of drug-likeness (QED) is 0.605. The number of hydrogen-bond donors (Lipinski definition) is 0. The van der Waals surface area contributed by atoms with E-state index in [9.17, 15) is 4.79 Å². The number of halogens is 1. The van der Waals surface area contributed by atoms with Gasteiger partial charge in [-0.25, -0.2) is 4.68 Å². The molecular formula is C21H23BrN4O2. The summed E-state index contributed by atoms with van der Waals surface area (Å²) in [5, 5.41) is 4.87. The van der Waals surface area contributed by atoms with Gasteiger partial charge in [-0.15, -0.1) is 0 Å². The minimum absolute atomic E-state index is 0.0375. The summed E-state index contributed by atoms with van der Waals surface area (Å²) in [6, 6.07) is 9.43. The Morgan fingerprint density at radius 3 is 2.54 bits per heavy atom. The SMILES string of the molecule is COc1ccc(Br)c(C(=O)N2Cc3nn(C(C)(C)C)c(-n4cccc4)c3C2)c1. The molecule has 6 nitrogen and oxygen atoms in total. The molecule has 0 bridgehead atoms. The summed E-state index contributed by atoms with van der Waals surface area (Å²) in [6.07, 6.45) is 4.03. The first-order chi connectivity index (χ1) is 13.3. The van der Waals surface area contributed by atoms with Crippen LogP contribution in [0.2, 0.25) is 0 Å². The van der Waals surface area contributed by atoms with Crippen molar-refractivity contribution >= 4 is 21.8 Å². The fourth-order valence-electron chi connectivity index (χ4n) is 3.52. The molecule has 1 aliphatic heterocycles. The van der Waals surface area contributed by atoms with E-state index in [4.69, 9.17) is 9.84 Å². The van der Waals surface area contributed by atoms with E-state index in [1.165, 1.54) is 0 Å². The van der Waals surface area contributed by atoms with E-state index in [2.05, 4.69) is 46.0 Å². The van der Waals surface area contributed by atoms with Crippen molar-refractivity contribution in [1.82, 2.24) is 19.2 Å². The van der Waals surface area contributed by atoms with E-state index in [-0.39, 0.29) is 11.4 Å². The first-order valence-corrected chi connectivity index (χ1v) is 9.96. The highest BCUT2D eigenvalue weighted by molar-refractivity contribution is 9.10. The lowest BCUT2D eigenvalue weighted by molar-refractivity contribution is 0.0747. The smallest absolute Gasteiger partial charge is 0.255 e. The molecule has 28 heavy (non-hydrogen) atoms. The lowest BCUT2D eigenvalue weighted by Gasteiger charge is -2.25. The van der Waals surface area contributed by atoms with Gasteiger partial charge in [-0.3, -0.25) is 4.79 Å². The normalized spacial score (nSPS) is 13.7. The van der Waals surface area contributed by atoms with Crippen LogP contribution in [0.4, 0.5) is 0 Å². The van der Waals surface area contributed by atoms with Gasteiger partial charge in [0.15, 0.2) is 0 Å². The van der Waals surface area contributed by atoms with Gasteiger partial charge in [0.1, 0.15) is 11.6 Å². The van der Waals surface area contributed by atoms with Gasteiger partial charge in [-0.05, 0) is 67.0 Å². The Morgan fingerprint density at radius 1 is 1.18 bits per heavy atom. The van der Waals surface area contributed by atoms with Crippen LogP contribution in [0, 0.1) is 0 Å². The van der Waals surface area contributed by atoms with E-state index < -0.39 is 0 Å². The number of fused-ring (bicyclic) bond motifs is 1. The molecule has 0 atom stereocenters. The molecular weight excluding hydrogens is 420 g/mol. The van der Waals surface area contributed by atoms with Crippen molar-refractivity contribution in [1.29, 1.82) is 0 Å². The molecule has 0 spiro atoms. The zero-order chi connectivity index (χ0) is 20.1. The van der Waals surface area contributed by atoms with Gasteiger partial charge < -0.3 is 14.2 Å². The maximum Gasteiger partial charge on any atom is 0.255 e. The zero-order valence-corrected chi connectivity index (χ0v) is 18.0. The van der Waals surface area contributed by atoms with Crippen molar-refractivity contribution in [3.05, 3.63) is 64.0 Å². The molecule has 0 N–H and O–H groups in total. The maximum absolute atomic E-state index is 13.2. The van der Waals surface area contributed by atoms with E-state index in [0.717, 1.165) is 21.5 Å². The first kappa shape index (κ1) is 18.8. The van der Waals surface area contributed by atoms with Gasteiger partial charge in [0.25, 0.3) is 5.91 Å². The molecule has 0 saturated carbocycles. The van der Waals surface area contributed by atoms with Gasteiger partial charge >= 0.3 is 0 Å². The fourth-order valence-corrected chi connectivity index (χ4v) is 3.94. The van der Waals surface area contributed by atoms with Crippen LogP contribution in [-0.4, -0.2) is 32.3 Å². The fraction of sp³-hybridized carbons (Fsp3) is 0.333. The molecule has 1 aromatic carbocycles. The standard InChI is InChI=1S/C21H23BrN4O2/c1-21(2,3)26-19(24-9-5-6-10-24)16-12-25(13-18(16)23-26)20(27)15-11-14(28-4)7-8-17(15)22/h5-11H,12-13H2,1-4H3. The van der Waals surface area contributed by atoms with Gasteiger partial charge in [-0.2, -0.15) is 5.10 Å². The lowest BCUT2D eigenvalue weighted by atomic mass is 10.1. The summed E-state index contributed by atoms with van der Waals surface area (Å²) in [6.45, 7) is 7.44. The van der Waals surface area contributed by atoms with Crippen LogP contribution in [0.15, 0.2) is 47.2 Å². The Bertz CT molecular complexity index is 1030. The summed E-state index contributed by atoms with van der Waals surface area (Å²) in [5.41, 5.74) is 2.48. The third-order valence-electron chi connectivity index (χ3n) is 4.90. The molecule has 7 heteroatoms. The third-order valence-corrected chi connectivity index (χ3v) is 5.60. The Kier molecular flexibility index (Phi) is 4.57. The molecule has 0 aliphatic carbocycles. The molecule has 3 heterocycles. The second-order valence-electron chi connectivity index (χ2n) is 7.93. The van der Waals surface area contributed by atoms with Crippen molar-refractivity contribution in [2.24, 2.45) is 0 Å². The van der Waals surface area contributed by atoms with Crippen LogP contribution in [-0.2, 0) is 18.6 Å². The molecule has 3 aromatic rings. The highest BCUT2D eigenvalue weighted by Gasteiger charge is 2.34. The summed E-state index contributed by atoms with van der Waals surface area (Å²) >= 11 is 3.49. The van der Waals surface area contributed by atoms with E-state index >= 15 is 0 Å². The van der Waals surface area contributed by atoms with Crippen LogP contribution in [0.5, 0.6) is 5.75 Å². The van der Waals surface area contributed by atoms with E-state index in [1.807, 2.05) is 41.6 Å². The summed E-state index contributed by atoms with van der Waals surface area (Å²) in [5.74, 6) is 1.64. The van der Waals surface area contributed by atoms with Crippen LogP contribution >= 0.6 is 15.9 Å². The number of rotatable bonds is 3. The van der Waals surface area contributed by atoms with Crippen LogP contribution < -0.4 is 4.74 Å². The average Bonchev–Trinajstić information content (AvgIpc) is 3.36. The van der Waals surface area contributed by atoms with Gasteiger partial charge in [0, 0.05) is 22.4 Å². The van der Waals surface area contributed by atoms with Gasteiger partial charge in [0.05, 0.1) is 37.0 Å². The number of aromatic nitrogens is 3. The first-order valence-electron chi connectivity index (χ1n) is 9.17. The zero-order valence-electron chi connectivity index (χ0n) is 16.4. The largest absolute Gasteiger partial charge is 0.497 e. The van der Waals surface area contributed by atoms with Crippen LogP contribution in [0.25, 0.3) is 5.82 Å². The second-order valence-corrected chi connectivity index (χ2v) is 8.78.